The molecule has 0 bridgehead atoms. The van der Waals surface area contributed by atoms with Crippen molar-refractivity contribution in [2.24, 2.45) is 11.7 Å². The van der Waals surface area contributed by atoms with Crippen molar-refractivity contribution in [3.05, 3.63) is 131 Å². The minimum Gasteiger partial charge on any atom is -0.392 e. The number of benzene rings is 4. The molecule has 2 aliphatic rings. The smallest absolute Gasteiger partial charge is 0.184 e. The molecule has 2 saturated heterocycles. The zero-order valence-electron chi connectivity index (χ0n) is 25.0. The number of nitrogens with zero attached hydrogens (tertiary/aromatic N) is 2. The maximum absolute atomic E-state index is 9.59. The van der Waals surface area contributed by atoms with Crippen LogP contribution >= 0.6 is 0 Å². The Morgan fingerprint density at radius 2 is 1.37 bits per heavy atom. The molecule has 0 aliphatic carbocycles. The zero-order valence-corrected chi connectivity index (χ0v) is 25.0. The van der Waals surface area contributed by atoms with Crippen molar-refractivity contribution in [1.82, 2.24) is 9.80 Å². The molecule has 43 heavy (non-hydrogen) atoms. The Bertz CT molecular complexity index is 1450. The first-order valence-electron chi connectivity index (χ1n) is 15.5. The molecular weight excluding hydrogens is 534 g/mol. The summed E-state index contributed by atoms with van der Waals surface area (Å²) in [5.41, 5.74) is 13.7. The summed E-state index contributed by atoms with van der Waals surface area (Å²) >= 11 is 0. The molecule has 0 aromatic heterocycles. The quantitative estimate of drug-likeness (QED) is 0.258. The number of ether oxygens (including phenoxy) is 2. The van der Waals surface area contributed by atoms with Crippen LogP contribution in [-0.4, -0.2) is 53.7 Å². The van der Waals surface area contributed by atoms with E-state index in [0.717, 1.165) is 72.6 Å². The highest BCUT2D eigenvalue weighted by molar-refractivity contribution is 5.65. The summed E-state index contributed by atoms with van der Waals surface area (Å²) in [5, 5.41) is 9.59. The molecule has 4 aromatic carbocycles. The fraction of sp³-hybridized carbons (Fsp3) is 0.351. The predicted octanol–water partition coefficient (Wildman–Crippen LogP) is 5.91. The number of hydrogen-bond donors (Lipinski definition) is 2. The lowest BCUT2D eigenvalue weighted by atomic mass is 9.89. The lowest BCUT2D eigenvalue weighted by molar-refractivity contribution is -0.276. The molecular formula is C37H43N3O3. The van der Waals surface area contributed by atoms with E-state index in [9.17, 15) is 5.11 Å². The van der Waals surface area contributed by atoms with E-state index in [0.29, 0.717) is 6.54 Å². The van der Waals surface area contributed by atoms with Crippen LogP contribution in [-0.2, 0) is 29.2 Å². The van der Waals surface area contributed by atoms with Gasteiger partial charge in [-0.3, -0.25) is 9.80 Å². The minimum absolute atomic E-state index is 0.00571. The molecule has 2 heterocycles. The van der Waals surface area contributed by atoms with Crippen molar-refractivity contribution >= 4 is 0 Å². The van der Waals surface area contributed by atoms with Gasteiger partial charge in [-0.2, -0.15) is 0 Å². The second kappa shape index (κ2) is 14.0. The molecule has 3 N–H and O–H groups in total. The van der Waals surface area contributed by atoms with Gasteiger partial charge < -0.3 is 20.3 Å². The molecule has 0 radical (unpaired) electrons. The van der Waals surface area contributed by atoms with E-state index < -0.39 is 6.29 Å². The first kappa shape index (κ1) is 29.7. The summed E-state index contributed by atoms with van der Waals surface area (Å²) in [6.07, 6.45) is -0.605. The van der Waals surface area contributed by atoms with Crippen molar-refractivity contribution in [1.29, 1.82) is 0 Å². The standard InChI is InChI=1S/C37H43N3O3/c1-27-35(25-40-19-17-39(18-20-40)24-28-7-3-2-4-8-28)42-37(43-36(27)31-15-13-29(26-41)14-16-31)34-12-6-11-33(22-34)32-10-5-9-30(21-32)23-38/h2-16,21-22,27,35-37,41H,17-20,23-26,38H2,1H3/t27-,35+,36+,37+/m0/s1. The molecule has 6 nitrogen and oxygen atoms in total. The van der Waals surface area contributed by atoms with Gasteiger partial charge in [0.1, 0.15) is 0 Å². The van der Waals surface area contributed by atoms with Crippen molar-refractivity contribution < 1.29 is 14.6 Å². The molecule has 0 amide bonds. The van der Waals surface area contributed by atoms with Crippen LogP contribution in [0.3, 0.4) is 0 Å². The van der Waals surface area contributed by atoms with Gasteiger partial charge in [0.2, 0.25) is 0 Å². The molecule has 0 saturated carbocycles. The van der Waals surface area contributed by atoms with Crippen molar-refractivity contribution in [3.63, 3.8) is 0 Å². The minimum atomic E-state index is -0.485. The molecule has 0 unspecified atom stereocenters. The fourth-order valence-corrected chi connectivity index (χ4v) is 6.30. The van der Waals surface area contributed by atoms with Gasteiger partial charge in [-0.1, -0.05) is 97.9 Å². The molecule has 6 heteroatoms. The summed E-state index contributed by atoms with van der Waals surface area (Å²) in [4.78, 5) is 5.09. The van der Waals surface area contributed by atoms with Crippen molar-refractivity contribution in [3.8, 4) is 11.1 Å². The third-order valence-electron chi connectivity index (χ3n) is 8.93. The second-order valence-electron chi connectivity index (χ2n) is 11.9. The van der Waals surface area contributed by atoms with Gasteiger partial charge in [-0.25, -0.2) is 0 Å². The SMILES string of the molecule is C[C@H]1[C@@H](CN2CCN(Cc3ccccc3)CC2)O[C@@H](c2cccc(-c3cccc(CN)c3)c2)O[C@H]1c1ccc(CO)cc1. The molecule has 6 rings (SSSR count). The lowest BCUT2D eigenvalue weighted by Gasteiger charge is -2.44. The van der Waals surface area contributed by atoms with Crippen LogP contribution in [0.15, 0.2) is 103 Å². The number of piperazine rings is 1. The van der Waals surface area contributed by atoms with Crippen LogP contribution in [0, 0.1) is 5.92 Å². The lowest BCUT2D eigenvalue weighted by Crippen LogP contribution is -2.51. The van der Waals surface area contributed by atoms with E-state index in [1.54, 1.807) is 0 Å². The predicted molar refractivity (Wildman–Crippen MR) is 171 cm³/mol. The number of rotatable bonds is 9. The number of aliphatic hydroxyl groups is 1. The topological polar surface area (TPSA) is 71.2 Å². The number of aliphatic hydroxyl groups excluding tert-OH is 1. The highest BCUT2D eigenvalue weighted by Gasteiger charge is 2.39. The molecule has 2 aliphatic heterocycles. The van der Waals surface area contributed by atoms with Gasteiger partial charge in [0.15, 0.2) is 6.29 Å². The fourth-order valence-electron chi connectivity index (χ4n) is 6.30. The van der Waals surface area contributed by atoms with Gasteiger partial charge >= 0.3 is 0 Å². The molecule has 0 spiro atoms. The summed E-state index contributed by atoms with van der Waals surface area (Å²) in [7, 11) is 0. The van der Waals surface area contributed by atoms with Gasteiger partial charge in [0.25, 0.3) is 0 Å². The Morgan fingerprint density at radius 3 is 2.09 bits per heavy atom. The largest absolute Gasteiger partial charge is 0.392 e. The summed E-state index contributed by atoms with van der Waals surface area (Å²) in [6, 6.07) is 35.8. The Labute approximate surface area is 255 Å². The maximum atomic E-state index is 9.59. The highest BCUT2D eigenvalue weighted by atomic mass is 16.7. The molecule has 224 valence electrons. The highest BCUT2D eigenvalue weighted by Crippen LogP contribution is 2.42. The number of nitrogens with two attached hydrogens (primary N) is 1. The summed E-state index contributed by atoms with van der Waals surface area (Å²) in [6.45, 7) is 8.79. The summed E-state index contributed by atoms with van der Waals surface area (Å²) < 4.78 is 13.6. The normalized spacial score (nSPS) is 23.3. The van der Waals surface area contributed by atoms with E-state index >= 15 is 0 Å². The Balaban J connectivity index is 1.20. The van der Waals surface area contributed by atoms with Crippen molar-refractivity contribution in [2.75, 3.05) is 32.7 Å². The average molecular weight is 578 g/mol. The third kappa shape index (κ3) is 7.24. The molecule has 2 fully saturated rings. The first-order valence-corrected chi connectivity index (χ1v) is 15.5. The van der Waals surface area contributed by atoms with Crippen molar-refractivity contribution in [2.45, 2.75) is 45.1 Å². The van der Waals surface area contributed by atoms with Gasteiger partial charge in [0.05, 0.1) is 18.8 Å². The van der Waals surface area contributed by atoms with Crippen LogP contribution in [0.2, 0.25) is 0 Å². The molecule has 4 aromatic rings. The summed E-state index contributed by atoms with van der Waals surface area (Å²) in [5.74, 6) is 0.156. The third-order valence-corrected chi connectivity index (χ3v) is 8.93. The zero-order chi connectivity index (χ0) is 29.6. The van der Waals surface area contributed by atoms with Gasteiger partial charge in [0, 0.05) is 57.3 Å². The first-order chi connectivity index (χ1) is 21.1. The van der Waals surface area contributed by atoms with Crippen LogP contribution in [0.25, 0.3) is 11.1 Å². The van der Waals surface area contributed by atoms with E-state index in [-0.39, 0.29) is 24.7 Å². The van der Waals surface area contributed by atoms with Crippen LogP contribution < -0.4 is 5.73 Å². The Hall–Kier alpha value is -3.36. The van der Waals surface area contributed by atoms with Crippen LogP contribution in [0.1, 0.15) is 47.1 Å². The van der Waals surface area contributed by atoms with E-state index in [4.69, 9.17) is 15.2 Å². The van der Waals surface area contributed by atoms with Gasteiger partial charge in [-0.05, 0) is 45.5 Å². The van der Waals surface area contributed by atoms with Gasteiger partial charge in [-0.15, -0.1) is 0 Å². The van der Waals surface area contributed by atoms with E-state index in [1.165, 1.54) is 5.56 Å². The van der Waals surface area contributed by atoms with Crippen LogP contribution in [0.4, 0.5) is 0 Å². The number of hydrogen-bond acceptors (Lipinski definition) is 6. The maximum Gasteiger partial charge on any atom is 0.184 e. The van der Waals surface area contributed by atoms with Crippen LogP contribution in [0.5, 0.6) is 0 Å². The Kier molecular flexibility index (Phi) is 9.64. The van der Waals surface area contributed by atoms with E-state index in [1.807, 2.05) is 12.1 Å². The Morgan fingerprint density at radius 1 is 0.698 bits per heavy atom. The second-order valence-corrected chi connectivity index (χ2v) is 11.9. The molecule has 4 atom stereocenters. The average Bonchev–Trinajstić information content (AvgIpc) is 3.07. The van der Waals surface area contributed by atoms with E-state index in [2.05, 4.69) is 108 Å². The monoisotopic (exact) mass is 577 g/mol.